The Kier molecular flexibility index (Phi) is 5.48. The van der Waals surface area contributed by atoms with E-state index >= 15 is 0 Å². The Balaban J connectivity index is 1.88. The van der Waals surface area contributed by atoms with Gasteiger partial charge in [-0.25, -0.2) is 4.98 Å². The van der Waals surface area contributed by atoms with Crippen molar-refractivity contribution in [3.63, 3.8) is 0 Å². The molecule has 1 aliphatic rings. The number of methoxy groups -OCH3 is 1. The van der Waals surface area contributed by atoms with Crippen molar-refractivity contribution in [2.45, 2.75) is 32.5 Å². The summed E-state index contributed by atoms with van der Waals surface area (Å²) >= 11 is 0. The molecule has 2 unspecified atom stereocenters. The lowest BCUT2D eigenvalue weighted by Gasteiger charge is -2.35. The van der Waals surface area contributed by atoms with E-state index in [1.807, 2.05) is 18.2 Å². The quantitative estimate of drug-likeness (QED) is 0.822. The fourth-order valence-electron chi connectivity index (χ4n) is 3.11. The Morgan fingerprint density at radius 1 is 1.21 bits per heavy atom. The van der Waals surface area contributed by atoms with E-state index in [2.05, 4.69) is 30.1 Å². The fourth-order valence-corrected chi connectivity index (χ4v) is 3.11. The number of aromatic nitrogens is 2. The smallest absolute Gasteiger partial charge is 0.228 e. The van der Waals surface area contributed by atoms with E-state index in [1.54, 1.807) is 7.11 Å². The molecule has 6 nitrogen and oxygen atoms in total. The maximum absolute atomic E-state index is 5.82. The third-order valence-corrected chi connectivity index (χ3v) is 4.11. The molecule has 0 saturated carbocycles. The molecule has 2 atom stereocenters. The lowest BCUT2D eigenvalue weighted by molar-refractivity contribution is -0.00569. The van der Waals surface area contributed by atoms with E-state index in [1.165, 1.54) is 0 Å². The second kappa shape index (κ2) is 7.77. The predicted octanol–water partition coefficient (Wildman–Crippen LogP) is 2.69. The number of benzene rings is 1. The first kappa shape index (κ1) is 16.9. The second-order valence-corrected chi connectivity index (χ2v) is 6.32. The zero-order valence-electron chi connectivity index (χ0n) is 14.7. The molecule has 24 heavy (non-hydrogen) atoms. The number of hydrogen-bond acceptors (Lipinski definition) is 6. The number of anilines is 2. The van der Waals surface area contributed by atoms with Gasteiger partial charge in [0.05, 0.1) is 17.7 Å². The second-order valence-electron chi connectivity index (χ2n) is 6.32. The summed E-state index contributed by atoms with van der Waals surface area (Å²) < 4.78 is 10.9. The van der Waals surface area contributed by atoms with Gasteiger partial charge in [0.15, 0.2) is 0 Å². The Bertz CT molecular complexity index is 669. The number of morpholine rings is 1. The number of hydrogen-bond donors (Lipinski definition) is 1. The number of nitrogens with one attached hydrogen (secondary N) is 1. The Morgan fingerprint density at radius 3 is 2.71 bits per heavy atom. The summed E-state index contributed by atoms with van der Waals surface area (Å²) in [6.45, 7) is 7.37. The topological polar surface area (TPSA) is 59.5 Å². The fraction of sp³-hybridized carbons (Fsp3) is 0.556. The monoisotopic (exact) mass is 330 g/mol. The maximum Gasteiger partial charge on any atom is 0.228 e. The van der Waals surface area contributed by atoms with Crippen molar-refractivity contribution in [2.24, 2.45) is 0 Å². The van der Waals surface area contributed by atoms with Crippen LogP contribution in [0, 0.1) is 0 Å². The Labute approximate surface area is 143 Å². The molecule has 0 spiro atoms. The molecule has 1 aliphatic heterocycles. The van der Waals surface area contributed by atoms with Gasteiger partial charge in [-0.1, -0.05) is 12.1 Å². The van der Waals surface area contributed by atoms with Crippen molar-refractivity contribution in [1.82, 2.24) is 9.97 Å². The zero-order valence-corrected chi connectivity index (χ0v) is 14.7. The third-order valence-electron chi connectivity index (χ3n) is 4.11. The van der Waals surface area contributed by atoms with Gasteiger partial charge < -0.3 is 19.7 Å². The molecule has 3 rings (SSSR count). The normalized spacial score (nSPS) is 21.2. The van der Waals surface area contributed by atoms with Crippen LogP contribution in [0.2, 0.25) is 0 Å². The van der Waals surface area contributed by atoms with E-state index in [-0.39, 0.29) is 12.2 Å². The lowest BCUT2D eigenvalue weighted by atomic mass is 10.2. The van der Waals surface area contributed by atoms with Gasteiger partial charge in [0.25, 0.3) is 0 Å². The molecule has 1 fully saturated rings. The zero-order chi connectivity index (χ0) is 16.9. The summed E-state index contributed by atoms with van der Waals surface area (Å²) in [4.78, 5) is 11.8. The first-order valence-electron chi connectivity index (χ1n) is 8.57. The summed E-state index contributed by atoms with van der Waals surface area (Å²) in [6.07, 6.45) is 1.30. The maximum atomic E-state index is 5.82. The summed E-state index contributed by atoms with van der Waals surface area (Å²) in [6, 6.07) is 8.12. The van der Waals surface area contributed by atoms with Crippen LogP contribution in [-0.4, -0.2) is 55.5 Å². The van der Waals surface area contributed by atoms with Crippen LogP contribution in [0.1, 0.15) is 20.3 Å². The highest BCUT2D eigenvalue weighted by Crippen LogP contribution is 2.25. The van der Waals surface area contributed by atoms with Crippen LogP contribution >= 0.6 is 0 Å². The highest BCUT2D eigenvalue weighted by Gasteiger charge is 2.24. The van der Waals surface area contributed by atoms with Gasteiger partial charge in [-0.15, -0.1) is 0 Å². The van der Waals surface area contributed by atoms with E-state index in [0.717, 1.165) is 55.3 Å². The molecule has 1 N–H and O–H groups in total. The Morgan fingerprint density at radius 2 is 1.96 bits per heavy atom. The molecule has 0 bridgehead atoms. The summed E-state index contributed by atoms with van der Waals surface area (Å²) in [7, 11) is 1.72. The summed E-state index contributed by atoms with van der Waals surface area (Å²) in [5, 5.41) is 4.48. The van der Waals surface area contributed by atoms with Crippen molar-refractivity contribution in [1.29, 1.82) is 0 Å². The van der Waals surface area contributed by atoms with E-state index in [0.29, 0.717) is 0 Å². The van der Waals surface area contributed by atoms with Crippen LogP contribution < -0.4 is 10.2 Å². The minimum absolute atomic E-state index is 0.182. The first-order chi connectivity index (χ1) is 11.7. The summed E-state index contributed by atoms with van der Waals surface area (Å²) in [5.41, 5.74) is 0.962. The van der Waals surface area contributed by atoms with Crippen molar-refractivity contribution in [3.8, 4) is 0 Å². The SMILES string of the molecule is COCCCNc1nc(N2CC(C)OC(C)C2)nc2ccccc12. The molecule has 130 valence electrons. The number of para-hydroxylation sites is 1. The minimum atomic E-state index is 0.182. The van der Waals surface area contributed by atoms with Crippen LogP contribution in [-0.2, 0) is 9.47 Å². The molecule has 0 aliphatic carbocycles. The molecular weight excluding hydrogens is 304 g/mol. The number of rotatable bonds is 6. The van der Waals surface area contributed by atoms with Gasteiger partial charge in [-0.05, 0) is 32.4 Å². The average Bonchev–Trinajstić information content (AvgIpc) is 2.57. The van der Waals surface area contributed by atoms with Gasteiger partial charge in [-0.3, -0.25) is 0 Å². The van der Waals surface area contributed by atoms with E-state index in [4.69, 9.17) is 19.4 Å². The van der Waals surface area contributed by atoms with Crippen molar-refractivity contribution < 1.29 is 9.47 Å². The average molecular weight is 330 g/mol. The van der Waals surface area contributed by atoms with Gasteiger partial charge in [0.2, 0.25) is 5.95 Å². The molecule has 2 heterocycles. The molecule has 0 radical (unpaired) electrons. The molecule has 2 aromatic rings. The van der Waals surface area contributed by atoms with Crippen molar-refractivity contribution in [2.75, 3.05) is 43.6 Å². The van der Waals surface area contributed by atoms with Crippen LogP contribution in [0.15, 0.2) is 24.3 Å². The standard InChI is InChI=1S/C18H26N4O2/c1-13-11-22(12-14(2)24-13)18-20-16-8-5-4-7-15(16)17(21-18)19-9-6-10-23-3/h4-5,7-8,13-14H,6,9-12H2,1-3H3,(H,19,20,21). The summed E-state index contributed by atoms with van der Waals surface area (Å²) in [5.74, 6) is 1.66. The third kappa shape index (κ3) is 3.94. The number of ether oxygens (including phenoxy) is 2. The predicted molar refractivity (Wildman–Crippen MR) is 96.7 cm³/mol. The van der Waals surface area contributed by atoms with E-state index in [9.17, 15) is 0 Å². The van der Waals surface area contributed by atoms with Crippen molar-refractivity contribution in [3.05, 3.63) is 24.3 Å². The molecule has 1 saturated heterocycles. The molecule has 6 heteroatoms. The highest BCUT2D eigenvalue weighted by molar-refractivity contribution is 5.90. The number of nitrogens with zero attached hydrogens (tertiary/aromatic N) is 3. The van der Waals surface area contributed by atoms with Crippen LogP contribution in [0.4, 0.5) is 11.8 Å². The molecular formula is C18H26N4O2. The lowest BCUT2D eigenvalue weighted by Crippen LogP contribution is -2.46. The van der Waals surface area contributed by atoms with E-state index < -0.39 is 0 Å². The van der Waals surface area contributed by atoms with Gasteiger partial charge in [0, 0.05) is 38.7 Å². The van der Waals surface area contributed by atoms with Crippen molar-refractivity contribution >= 4 is 22.7 Å². The number of fused-ring (bicyclic) bond motifs is 1. The largest absolute Gasteiger partial charge is 0.385 e. The van der Waals surface area contributed by atoms with Gasteiger partial charge in [-0.2, -0.15) is 4.98 Å². The van der Waals surface area contributed by atoms with Crippen LogP contribution in [0.3, 0.4) is 0 Å². The van der Waals surface area contributed by atoms with Gasteiger partial charge >= 0.3 is 0 Å². The Hall–Kier alpha value is -1.92. The first-order valence-corrected chi connectivity index (χ1v) is 8.57. The highest BCUT2D eigenvalue weighted by atomic mass is 16.5. The van der Waals surface area contributed by atoms with Crippen LogP contribution in [0.5, 0.6) is 0 Å². The molecule has 0 amide bonds. The minimum Gasteiger partial charge on any atom is -0.385 e. The molecule has 1 aromatic carbocycles. The van der Waals surface area contributed by atoms with Gasteiger partial charge in [0.1, 0.15) is 5.82 Å². The van der Waals surface area contributed by atoms with Crippen LogP contribution in [0.25, 0.3) is 10.9 Å². The molecule has 1 aromatic heterocycles.